The van der Waals surface area contributed by atoms with E-state index in [0.717, 1.165) is 12.0 Å². The maximum atomic E-state index is 14.9. The van der Waals surface area contributed by atoms with Crippen LogP contribution in [0.2, 0.25) is 0 Å². The second kappa shape index (κ2) is 12.4. The van der Waals surface area contributed by atoms with Crippen LogP contribution in [0.5, 0.6) is 17.4 Å². The third-order valence-corrected chi connectivity index (χ3v) is 5.63. The fourth-order valence-electron chi connectivity index (χ4n) is 3.82. The summed E-state index contributed by atoms with van der Waals surface area (Å²) < 4.78 is 26.0. The molecule has 0 bridgehead atoms. The number of nitrogens with zero attached hydrogens (tertiary/aromatic N) is 2. The lowest BCUT2D eigenvalue weighted by molar-refractivity contribution is -0.116. The zero-order chi connectivity index (χ0) is 26.9. The molecule has 0 saturated heterocycles. The molecule has 0 saturated carbocycles. The van der Waals surface area contributed by atoms with Crippen molar-refractivity contribution in [3.63, 3.8) is 0 Å². The van der Waals surface area contributed by atoms with Crippen molar-refractivity contribution in [3.8, 4) is 17.4 Å². The molecule has 0 aliphatic rings. The monoisotopic (exact) mass is 514 g/mol. The van der Waals surface area contributed by atoms with E-state index in [4.69, 9.17) is 9.47 Å². The Hall–Kier alpha value is -4.79. The van der Waals surface area contributed by atoms with Gasteiger partial charge in [-0.25, -0.2) is 14.4 Å². The number of halogens is 1. The lowest BCUT2D eigenvalue weighted by Gasteiger charge is -2.13. The van der Waals surface area contributed by atoms with Gasteiger partial charge in [0.25, 0.3) is 0 Å². The summed E-state index contributed by atoms with van der Waals surface area (Å²) in [6, 6.07) is 17.3. The van der Waals surface area contributed by atoms with Crippen molar-refractivity contribution in [2.75, 3.05) is 17.7 Å². The van der Waals surface area contributed by atoms with Gasteiger partial charge in [0.1, 0.15) is 12.1 Å². The van der Waals surface area contributed by atoms with Gasteiger partial charge in [0.2, 0.25) is 17.7 Å². The van der Waals surface area contributed by atoms with Gasteiger partial charge in [-0.05, 0) is 49.6 Å². The highest BCUT2D eigenvalue weighted by Crippen LogP contribution is 2.35. The molecule has 1 heterocycles. The zero-order valence-corrected chi connectivity index (χ0v) is 21.0. The normalized spacial score (nSPS) is 10.9. The molecule has 9 heteroatoms. The molecule has 4 rings (SSSR count). The molecule has 0 unspecified atom stereocenters. The minimum absolute atomic E-state index is 0.0811. The first-order valence-corrected chi connectivity index (χ1v) is 12.0. The van der Waals surface area contributed by atoms with E-state index in [1.165, 1.54) is 31.6 Å². The van der Waals surface area contributed by atoms with Gasteiger partial charge in [-0.1, -0.05) is 36.4 Å². The number of anilines is 2. The summed E-state index contributed by atoms with van der Waals surface area (Å²) in [7, 11) is 1.48. The van der Waals surface area contributed by atoms with E-state index in [1.807, 2.05) is 30.3 Å². The lowest BCUT2D eigenvalue weighted by atomic mass is 10.1. The molecule has 0 aliphatic carbocycles. The number of ether oxygens (including phenoxy) is 2. The second-order valence-electron chi connectivity index (χ2n) is 8.37. The van der Waals surface area contributed by atoms with Gasteiger partial charge in [-0.3, -0.25) is 9.59 Å². The van der Waals surface area contributed by atoms with E-state index in [9.17, 15) is 14.0 Å². The summed E-state index contributed by atoms with van der Waals surface area (Å²) in [6.07, 6.45) is 6.06. The van der Waals surface area contributed by atoms with Crippen molar-refractivity contribution < 1.29 is 23.5 Å². The van der Waals surface area contributed by atoms with Gasteiger partial charge in [0.05, 0.1) is 23.7 Å². The van der Waals surface area contributed by atoms with Crippen molar-refractivity contribution in [2.45, 2.75) is 26.2 Å². The van der Waals surface area contributed by atoms with Crippen LogP contribution >= 0.6 is 0 Å². The summed E-state index contributed by atoms with van der Waals surface area (Å²) in [5.41, 5.74) is 2.35. The third-order valence-electron chi connectivity index (χ3n) is 5.63. The van der Waals surface area contributed by atoms with E-state index < -0.39 is 5.82 Å². The predicted octanol–water partition coefficient (Wildman–Crippen LogP) is 6.05. The van der Waals surface area contributed by atoms with Gasteiger partial charge in [-0.2, -0.15) is 0 Å². The molecule has 2 amide bonds. The first kappa shape index (κ1) is 26.3. The lowest BCUT2D eigenvalue weighted by Crippen LogP contribution is -2.11. The second-order valence-corrected chi connectivity index (χ2v) is 8.37. The minimum Gasteiger partial charge on any atom is -0.494 e. The van der Waals surface area contributed by atoms with E-state index >= 15 is 0 Å². The molecule has 0 fully saturated rings. The number of carbonyl (C=O) groups excluding carboxylic acids is 2. The first-order chi connectivity index (χ1) is 18.5. The third kappa shape index (κ3) is 6.70. The first-order valence-electron chi connectivity index (χ1n) is 12.0. The summed E-state index contributed by atoms with van der Waals surface area (Å²) >= 11 is 0. The van der Waals surface area contributed by atoms with E-state index in [1.54, 1.807) is 31.2 Å². The van der Waals surface area contributed by atoms with Crippen molar-refractivity contribution in [1.82, 2.24) is 9.97 Å². The standard InChI is InChI=1S/C29H27FN4O4/c1-3-8-27(35)34-24-16-21-23(17-26(24)37-2)31-18-32-29(21)38-25-14-13-20(15-22(25)30)33-28(36)12-7-11-19-9-5-4-6-10-19/h3-6,8-10,13-18H,7,11-12H2,1-2H3,(H,33,36)(H,34,35)/b8-3+. The Balaban J connectivity index is 1.47. The highest BCUT2D eigenvalue weighted by atomic mass is 19.1. The van der Waals surface area contributed by atoms with Crippen LogP contribution in [0.15, 0.2) is 79.1 Å². The number of hydrogen-bond donors (Lipinski definition) is 2. The number of rotatable bonds is 10. The highest BCUT2D eigenvalue weighted by Gasteiger charge is 2.15. The number of fused-ring (bicyclic) bond motifs is 1. The molecule has 0 aliphatic heterocycles. The largest absolute Gasteiger partial charge is 0.494 e. The molecule has 0 spiro atoms. The maximum Gasteiger partial charge on any atom is 0.248 e. The molecule has 4 aromatic rings. The quantitative estimate of drug-likeness (QED) is 0.250. The number of aryl methyl sites for hydroxylation is 1. The van der Waals surface area contributed by atoms with Gasteiger partial charge < -0.3 is 20.1 Å². The van der Waals surface area contributed by atoms with Crippen molar-refractivity contribution in [1.29, 1.82) is 0 Å². The predicted molar refractivity (Wildman–Crippen MR) is 144 cm³/mol. The number of amides is 2. The summed E-state index contributed by atoms with van der Waals surface area (Å²) in [6.45, 7) is 1.73. The Labute approximate surface area is 219 Å². The van der Waals surface area contributed by atoms with Crippen molar-refractivity contribution in [3.05, 3.63) is 90.5 Å². The fraction of sp³-hybridized carbons (Fsp3) is 0.172. The molecule has 194 valence electrons. The number of aromatic nitrogens is 2. The maximum absolute atomic E-state index is 14.9. The van der Waals surface area contributed by atoms with E-state index in [2.05, 4.69) is 20.6 Å². The average Bonchev–Trinajstić information content (AvgIpc) is 2.91. The van der Waals surface area contributed by atoms with Gasteiger partial charge in [-0.15, -0.1) is 0 Å². The number of nitrogens with one attached hydrogen (secondary N) is 2. The Morgan fingerprint density at radius 1 is 1.00 bits per heavy atom. The SMILES string of the molecule is C/C=C/C(=O)Nc1cc2c(Oc3ccc(NC(=O)CCCc4ccccc4)cc3F)ncnc2cc1OC. The van der Waals surface area contributed by atoms with Gasteiger partial charge >= 0.3 is 0 Å². The topological polar surface area (TPSA) is 102 Å². The molecule has 8 nitrogen and oxygen atoms in total. The van der Waals surface area contributed by atoms with Crippen LogP contribution in [-0.2, 0) is 16.0 Å². The number of benzene rings is 3. The molecule has 2 N–H and O–H groups in total. The molecule has 1 aromatic heterocycles. The molecule has 0 atom stereocenters. The van der Waals surface area contributed by atoms with Gasteiger partial charge in [0, 0.05) is 24.2 Å². The van der Waals surface area contributed by atoms with Crippen molar-refractivity contribution in [2.24, 2.45) is 0 Å². The number of hydrogen-bond acceptors (Lipinski definition) is 6. The Morgan fingerprint density at radius 3 is 2.55 bits per heavy atom. The van der Waals surface area contributed by atoms with Gasteiger partial charge in [0.15, 0.2) is 11.6 Å². The molecule has 38 heavy (non-hydrogen) atoms. The number of carbonyl (C=O) groups is 2. The summed E-state index contributed by atoms with van der Waals surface area (Å²) in [5, 5.41) is 5.89. The Morgan fingerprint density at radius 2 is 1.82 bits per heavy atom. The van der Waals surface area contributed by atoms with E-state index in [-0.39, 0.29) is 23.4 Å². The van der Waals surface area contributed by atoms with Crippen LogP contribution in [0.4, 0.5) is 15.8 Å². The van der Waals surface area contributed by atoms with Crippen LogP contribution in [-0.4, -0.2) is 28.9 Å². The Bertz CT molecular complexity index is 1470. The van der Waals surface area contributed by atoms with Crippen LogP contribution in [0.1, 0.15) is 25.3 Å². The van der Waals surface area contributed by atoms with Crippen LogP contribution in [0.25, 0.3) is 10.9 Å². The Kier molecular flexibility index (Phi) is 8.61. The summed E-state index contributed by atoms with van der Waals surface area (Å²) in [5.74, 6) is -0.798. The molecule has 3 aromatic carbocycles. The van der Waals surface area contributed by atoms with Crippen molar-refractivity contribution >= 4 is 34.1 Å². The molecular weight excluding hydrogens is 487 g/mol. The summed E-state index contributed by atoms with van der Waals surface area (Å²) in [4.78, 5) is 32.8. The molecular formula is C29H27FN4O4. The number of methoxy groups -OCH3 is 1. The van der Waals surface area contributed by atoms with E-state index in [0.29, 0.717) is 40.9 Å². The smallest absolute Gasteiger partial charge is 0.248 e. The minimum atomic E-state index is -0.672. The highest BCUT2D eigenvalue weighted by molar-refractivity contribution is 6.02. The van der Waals surface area contributed by atoms with Crippen LogP contribution in [0, 0.1) is 5.82 Å². The fourth-order valence-corrected chi connectivity index (χ4v) is 3.82. The van der Waals surface area contributed by atoms with Crippen LogP contribution < -0.4 is 20.1 Å². The zero-order valence-electron chi connectivity index (χ0n) is 21.0. The number of allylic oxidation sites excluding steroid dienone is 1. The molecule has 0 radical (unpaired) electrons. The average molecular weight is 515 g/mol. The van der Waals surface area contributed by atoms with Crippen LogP contribution in [0.3, 0.4) is 0 Å².